The molecule has 0 aromatic heterocycles. The average Bonchev–Trinajstić information content (AvgIpc) is 2.99. The van der Waals surface area contributed by atoms with Gasteiger partial charge in [-0.1, -0.05) is 36.4 Å². The van der Waals surface area contributed by atoms with Crippen LogP contribution in [0.15, 0.2) is 78.9 Å². The van der Waals surface area contributed by atoms with Crippen LogP contribution < -0.4 is 11.1 Å². The van der Waals surface area contributed by atoms with E-state index in [1.54, 1.807) is 36.4 Å². The van der Waals surface area contributed by atoms with E-state index in [1.165, 1.54) is 49.4 Å². The van der Waals surface area contributed by atoms with Crippen molar-refractivity contribution >= 4 is 11.9 Å². The van der Waals surface area contributed by atoms with E-state index in [2.05, 4.69) is 5.32 Å². The third kappa shape index (κ3) is 6.60. The minimum atomic E-state index is -1.57. The predicted molar refractivity (Wildman–Crippen MR) is 154 cm³/mol. The van der Waals surface area contributed by atoms with Crippen molar-refractivity contribution in [3.63, 3.8) is 0 Å². The number of ether oxygens (including phenoxy) is 1. The van der Waals surface area contributed by atoms with E-state index in [0.717, 1.165) is 5.56 Å². The number of esters is 1. The first-order valence-electron chi connectivity index (χ1n) is 13.7. The van der Waals surface area contributed by atoms with Crippen LogP contribution in [0.3, 0.4) is 0 Å². The lowest BCUT2D eigenvalue weighted by Crippen LogP contribution is -2.48. The topological polar surface area (TPSA) is 105 Å². The molecule has 3 N–H and O–H groups in total. The van der Waals surface area contributed by atoms with Gasteiger partial charge < -0.3 is 15.8 Å². The molecule has 0 fully saturated rings. The number of halogens is 3. The zero-order valence-corrected chi connectivity index (χ0v) is 23.3. The first-order chi connectivity index (χ1) is 20.5. The molecule has 1 aliphatic heterocycles. The highest BCUT2D eigenvalue weighted by Crippen LogP contribution is 2.29. The molecule has 0 saturated heterocycles. The molecule has 0 saturated carbocycles. The molecule has 0 spiro atoms. The molecule has 5 rings (SSSR count). The number of nitrogens with two attached hydrogens (primary N) is 1. The van der Waals surface area contributed by atoms with Crippen molar-refractivity contribution in [3.8, 4) is 17.2 Å². The lowest BCUT2D eigenvalue weighted by atomic mass is 9.91. The second kappa shape index (κ2) is 12.1. The highest BCUT2D eigenvalue weighted by Gasteiger charge is 2.32. The molecule has 2 atom stereocenters. The maximum absolute atomic E-state index is 14.8. The van der Waals surface area contributed by atoms with Crippen molar-refractivity contribution in [2.24, 2.45) is 5.73 Å². The van der Waals surface area contributed by atoms with E-state index in [9.17, 15) is 28.0 Å². The molecule has 0 radical (unpaired) electrons. The summed E-state index contributed by atoms with van der Waals surface area (Å²) >= 11 is 0. The van der Waals surface area contributed by atoms with Crippen LogP contribution in [0.25, 0.3) is 11.1 Å². The summed E-state index contributed by atoms with van der Waals surface area (Å²) in [6.07, 6.45) is 0.685. The van der Waals surface area contributed by atoms with Crippen molar-refractivity contribution in [1.82, 2.24) is 5.32 Å². The number of carbonyl (C=O) groups is 2. The fourth-order valence-corrected chi connectivity index (χ4v) is 5.21. The molecule has 9 heteroatoms. The Morgan fingerprint density at radius 3 is 2.42 bits per heavy atom. The number of hydrogen-bond acceptors (Lipinski definition) is 5. The first-order valence-corrected chi connectivity index (χ1v) is 13.7. The standard InChI is InChI=1S/C34H28F3N3O3/c1-34(39)17-25-13-20(5-11-29(25)36)6-12-31(22-7-9-26(35)10-8-22)40-32(41)24-15-21(19-43-33(34)42)14-23(16-24)27-3-2-4-30(37)28(27)18-38/h2-5,7-11,13-16,31H,6,12,17,19,39H2,1H3,(H,40,41). The average molecular weight is 584 g/mol. The number of hydrogen-bond donors (Lipinski definition) is 2. The molecule has 218 valence electrons. The van der Waals surface area contributed by atoms with Crippen LogP contribution in [-0.2, 0) is 29.0 Å². The number of nitrogens with zero attached hydrogens (tertiary/aromatic N) is 1. The molecule has 1 heterocycles. The van der Waals surface area contributed by atoms with Gasteiger partial charge in [0.2, 0.25) is 0 Å². The number of nitriles is 1. The third-order valence-corrected chi connectivity index (χ3v) is 7.49. The molecule has 6 nitrogen and oxygen atoms in total. The lowest BCUT2D eigenvalue weighted by Gasteiger charge is -2.24. The Kier molecular flexibility index (Phi) is 8.33. The van der Waals surface area contributed by atoms with Crippen LogP contribution >= 0.6 is 0 Å². The van der Waals surface area contributed by atoms with E-state index in [-0.39, 0.29) is 35.3 Å². The summed E-state index contributed by atoms with van der Waals surface area (Å²) in [5.41, 5.74) is 7.39. The number of aryl methyl sites for hydroxylation is 1. The highest BCUT2D eigenvalue weighted by atomic mass is 19.1. The molecule has 2 unspecified atom stereocenters. The van der Waals surface area contributed by atoms with E-state index in [0.29, 0.717) is 29.5 Å². The number of carbonyl (C=O) groups excluding carboxylic acids is 2. The van der Waals surface area contributed by atoms with Crippen LogP contribution in [0, 0.1) is 28.8 Å². The monoisotopic (exact) mass is 583 g/mol. The SMILES string of the molecule is CC1(N)Cc2cc(ccc2F)CCC(c2ccc(F)cc2)NC(=O)c2cc(cc(-c3cccc(F)c3C#N)c2)COC1=O. The number of nitrogens with one attached hydrogen (secondary N) is 1. The first kappa shape index (κ1) is 29.5. The van der Waals surface area contributed by atoms with Gasteiger partial charge >= 0.3 is 5.97 Å². The Balaban J connectivity index is 1.61. The zero-order valence-electron chi connectivity index (χ0n) is 23.3. The maximum Gasteiger partial charge on any atom is 0.326 e. The van der Waals surface area contributed by atoms with Crippen LogP contribution in [-0.4, -0.2) is 17.4 Å². The Hall–Kier alpha value is -4.94. The molecule has 4 aromatic rings. The summed E-state index contributed by atoms with van der Waals surface area (Å²) in [7, 11) is 0. The number of amides is 1. The Morgan fingerprint density at radius 2 is 1.67 bits per heavy atom. The number of cyclic esters (lactones) is 1. The predicted octanol–water partition coefficient (Wildman–Crippen LogP) is 6.06. The summed E-state index contributed by atoms with van der Waals surface area (Å²) in [5.74, 6) is -2.93. The summed E-state index contributed by atoms with van der Waals surface area (Å²) in [6.45, 7) is 1.16. The molecular weight excluding hydrogens is 555 g/mol. The van der Waals surface area contributed by atoms with Gasteiger partial charge in [-0.3, -0.25) is 9.59 Å². The normalized spacial score (nSPS) is 19.2. The van der Waals surface area contributed by atoms with Crippen LogP contribution in [0.2, 0.25) is 0 Å². The molecular formula is C34H28F3N3O3. The Bertz CT molecular complexity index is 1750. The quantitative estimate of drug-likeness (QED) is 0.279. The lowest BCUT2D eigenvalue weighted by molar-refractivity contribution is -0.150. The largest absolute Gasteiger partial charge is 0.459 e. The molecule has 4 bridgehead atoms. The van der Waals surface area contributed by atoms with E-state index >= 15 is 0 Å². The molecule has 1 amide bonds. The van der Waals surface area contributed by atoms with Gasteiger partial charge in [0.05, 0.1) is 11.6 Å². The van der Waals surface area contributed by atoms with Crippen LogP contribution in [0.1, 0.15) is 57.6 Å². The van der Waals surface area contributed by atoms with E-state index in [1.807, 2.05) is 6.07 Å². The van der Waals surface area contributed by atoms with Crippen molar-refractivity contribution in [3.05, 3.63) is 130 Å². The summed E-state index contributed by atoms with van der Waals surface area (Å²) < 4.78 is 48.6. The summed E-state index contributed by atoms with van der Waals surface area (Å²) in [6, 6.07) is 20.5. The van der Waals surface area contributed by atoms with Crippen molar-refractivity contribution < 1.29 is 27.5 Å². The number of rotatable bonds is 2. The van der Waals surface area contributed by atoms with Crippen molar-refractivity contribution in [2.75, 3.05) is 0 Å². The second-order valence-corrected chi connectivity index (χ2v) is 10.9. The number of fused-ring (bicyclic) bond motifs is 4. The van der Waals surface area contributed by atoms with Crippen molar-refractivity contribution in [1.29, 1.82) is 5.26 Å². The Labute approximate surface area is 246 Å². The molecule has 0 aliphatic carbocycles. The second-order valence-electron chi connectivity index (χ2n) is 10.9. The highest BCUT2D eigenvalue weighted by molar-refractivity contribution is 5.96. The van der Waals surface area contributed by atoms with Gasteiger partial charge in [0.25, 0.3) is 5.91 Å². The minimum absolute atomic E-state index is 0.121. The zero-order chi connectivity index (χ0) is 30.7. The summed E-state index contributed by atoms with van der Waals surface area (Å²) in [5, 5.41) is 12.6. The van der Waals surface area contributed by atoms with Gasteiger partial charge in [-0.25, -0.2) is 13.2 Å². The Morgan fingerprint density at radius 1 is 0.930 bits per heavy atom. The fraction of sp³-hybridized carbons (Fsp3) is 0.206. The fourth-order valence-electron chi connectivity index (χ4n) is 5.21. The smallest absolute Gasteiger partial charge is 0.326 e. The summed E-state index contributed by atoms with van der Waals surface area (Å²) in [4.78, 5) is 26.8. The van der Waals surface area contributed by atoms with Gasteiger partial charge in [0.15, 0.2) is 0 Å². The van der Waals surface area contributed by atoms with Crippen LogP contribution in [0.5, 0.6) is 0 Å². The van der Waals surface area contributed by atoms with E-state index in [4.69, 9.17) is 10.5 Å². The van der Waals surface area contributed by atoms with Gasteiger partial charge in [-0.05, 0) is 90.0 Å². The molecule has 43 heavy (non-hydrogen) atoms. The van der Waals surface area contributed by atoms with Gasteiger partial charge in [0.1, 0.15) is 35.7 Å². The van der Waals surface area contributed by atoms with E-state index < -0.39 is 40.9 Å². The van der Waals surface area contributed by atoms with Crippen LogP contribution in [0.4, 0.5) is 13.2 Å². The van der Waals surface area contributed by atoms with Crippen molar-refractivity contribution in [2.45, 2.75) is 44.4 Å². The van der Waals surface area contributed by atoms with Gasteiger partial charge in [-0.15, -0.1) is 0 Å². The van der Waals surface area contributed by atoms with Gasteiger partial charge in [0, 0.05) is 17.5 Å². The number of benzene rings is 4. The third-order valence-electron chi connectivity index (χ3n) is 7.49. The molecule has 1 aliphatic rings. The van der Waals surface area contributed by atoms with Gasteiger partial charge in [-0.2, -0.15) is 5.26 Å². The minimum Gasteiger partial charge on any atom is -0.459 e. The molecule has 4 aromatic carbocycles. The maximum atomic E-state index is 14.8.